The fourth-order valence-corrected chi connectivity index (χ4v) is 3.17. The van der Waals surface area contributed by atoms with E-state index in [-0.39, 0.29) is 18.1 Å². The zero-order valence-electron chi connectivity index (χ0n) is 11.7. The van der Waals surface area contributed by atoms with E-state index in [1.165, 1.54) is 19.2 Å². The topological polar surface area (TPSA) is 29.5 Å². The number of halogens is 2. The molecule has 0 bridgehead atoms. The average Bonchev–Trinajstić information content (AvgIpc) is 2.83. The molecule has 0 atom stereocenters. The molecule has 6 heteroatoms. The summed E-state index contributed by atoms with van der Waals surface area (Å²) < 4.78 is 19.5. The van der Waals surface area contributed by atoms with E-state index >= 15 is 0 Å². The van der Waals surface area contributed by atoms with E-state index < -0.39 is 5.82 Å². The molecule has 21 heavy (non-hydrogen) atoms. The molecule has 0 fully saturated rings. The lowest BCUT2D eigenvalue weighted by atomic mass is 10.1. The number of rotatable bonds is 6. The summed E-state index contributed by atoms with van der Waals surface area (Å²) in [7, 11) is 3.26. The molecule has 0 saturated heterocycles. The molecular formula is C15H15BrFNO2S. The van der Waals surface area contributed by atoms with E-state index in [0.717, 1.165) is 9.35 Å². The van der Waals surface area contributed by atoms with Crippen molar-refractivity contribution >= 4 is 33.0 Å². The zero-order chi connectivity index (χ0) is 15.4. The molecule has 0 amide bonds. The molecule has 2 rings (SSSR count). The van der Waals surface area contributed by atoms with Crippen LogP contribution in [-0.2, 0) is 6.54 Å². The van der Waals surface area contributed by atoms with Crippen LogP contribution in [-0.4, -0.2) is 31.4 Å². The molecule has 3 nitrogen and oxygen atoms in total. The summed E-state index contributed by atoms with van der Waals surface area (Å²) in [6.07, 6.45) is 0. The van der Waals surface area contributed by atoms with Crippen molar-refractivity contribution in [2.24, 2.45) is 0 Å². The first kappa shape index (κ1) is 16.1. The van der Waals surface area contributed by atoms with Crippen molar-refractivity contribution in [3.05, 3.63) is 50.4 Å². The Hall–Kier alpha value is -1.24. The van der Waals surface area contributed by atoms with Crippen LogP contribution in [0.1, 0.15) is 15.9 Å². The number of benzene rings is 1. The standard InChI is InChI=1S/C15H15BrFNO2S/c1-18(7-10-5-15(16)21-9-10)8-13(19)11-3-4-14(20-2)12(17)6-11/h3-6,9H,7-8H2,1-2H3. The summed E-state index contributed by atoms with van der Waals surface area (Å²) in [4.78, 5) is 14.0. The van der Waals surface area contributed by atoms with Crippen molar-refractivity contribution in [3.8, 4) is 5.75 Å². The molecule has 0 aliphatic heterocycles. The first-order chi connectivity index (χ1) is 9.99. The van der Waals surface area contributed by atoms with Gasteiger partial charge in [0.2, 0.25) is 0 Å². The van der Waals surface area contributed by atoms with Gasteiger partial charge in [-0.3, -0.25) is 9.69 Å². The van der Waals surface area contributed by atoms with Crippen LogP contribution in [0.25, 0.3) is 0 Å². The van der Waals surface area contributed by atoms with Gasteiger partial charge in [0.1, 0.15) is 0 Å². The highest BCUT2D eigenvalue weighted by Gasteiger charge is 2.13. The van der Waals surface area contributed by atoms with Gasteiger partial charge in [0.15, 0.2) is 17.3 Å². The monoisotopic (exact) mass is 371 g/mol. The highest BCUT2D eigenvalue weighted by molar-refractivity contribution is 9.11. The molecule has 1 aromatic heterocycles. The number of hydrogen-bond donors (Lipinski definition) is 0. The summed E-state index contributed by atoms with van der Waals surface area (Å²) in [5.41, 5.74) is 1.50. The van der Waals surface area contributed by atoms with E-state index in [1.54, 1.807) is 17.4 Å². The molecular weight excluding hydrogens is 357 g/mol. The van der Waals surface area contributed by atoms with Crippen LogP contribution < -0.4 is 4.74 Å². The Labute approximate surface area is 135 Å². The van der Waals surface area contributed by atoms with Crippen LogP contribution in [0.15, 0.2) is 33.4 Å². The van der Waals surface area contributed by atoms with Gasteiger partial charge < -0.3 is 4.74 Å². The van der Waals surface area contributed by atoms with E-state index in [1.807, 2.05) is 23.4 Å². The number of hydrogen-bond acceptors (Lipinski definition) is 4. The van der Waals surface area contributed by atoms with Crippen molar-refractivity contribution in [2.75, 3.05) is 20.7 Å². The average molecular weight is 372 g/mol. The van der Waals surface area contributed by atoms with Crippen molar-refractivity contribution in [1.82, 2.24) is 4.90 Å². The zero-order valence-corrected chi connectivity index (χ0v) is 14.1. The summed E-state index contributed by atoms with van der Waals surface area (Å²) >= 11 is 5.02. The summed E-state index contributed by atoms with van der Waals surface area (Å²) in [6.45, 7) is 0.908. The summed E-state index contributed by atoms with van der Waals surface area (Å²) in [5.74, 6) is -0.496. The number of methoxy groups -OCH3 is 1. The molecule has 0 unspecified atom stereocenters. The number of Topliss-reactive ketones (excluding diaryl/α,β-unsaturated/α-hetero) is 1. The summed E-state index contributed by atoms with van der Waals surface area (Å²) in [5, 5.41) is 2.04. The molecule has 1 aromatic carbocycles. The first-order valence-electron chi connectivity index (χ1n) is 6.28. The molecule has 0 N–H and O–H groups in total. The number of carbonyl (C=O) groups is 1. The van der Waals surface area contributed by atoms with Crippen LogP contribution in [0, 0.1) is 5.82 Å². The Morgan fingerprint density at radius 2 is 2.19 bits per heavy atom. The van der Waals surface area contributed by atoms with Crippen molar-refractivity contribution in [3.63, 3.8) is 0 Å². The molecule has 0 aliphatic rings. The predicted octanol–water partition coefficient (Wildman–Crippen LogP) is 3.97. The van der Waals surface area contributed by atoms with Gasteiger partial charge in [-0.15, -0.1) is 11.3 Å². The number of likely N-dealkylation sites (N-methyl/N-ethyl adjacent to an activating group) is 1. The van der Waals surface area contributed by atoms with Gasteiger partial charge in [-0.1, -0.05) is 0 Å². The van der Waals surface area contributed by atoms with E-state index in [9.17, 15) is 9.18 Å². The molecule has 0 aliphatic carbocycles. The third-order valence-electron chi connectivity index (χ3n) is 2.96. The minimum atomic E-state index is -0.521. The first-order valence-corrected chi connectivity index (χ1v) is 7.95. The second-order valence-corrected chi connectivity index (χ2v) is 6.99. The SMILES string of the molecule is COc1ccc(C(=O)CN(C)Cc2csc(Br)c2)cc1F. The second kappa shape index (κ2) is 7.15. The Bertz CT molecular complexity index is 644. The number of ether oxygens (including phenoxy) is 1. The van der Waals surface area contributed by atoms with Crippen LogP contribution in [0.3, 0.4) is 0 Å². The smallest absolute Gasteiger partial charge is 0.176 e. The maximum absolute atomic E-state index is 13.6. The minimum absolute atomic E-state index is 0.117. The Morgan fingerprint density at radius 1 is 1.43 bits per heavy atom. The van der Waals surface area contributed by atoms with Crippen molar-refractivity contribution in [1.29, 1.82) is 0 Å². The lowest BCUT2D eigenvalue weighted by molar-refractivity contribution is 0.0942. The number of ketones is 1. The molecule has 2 aromatic rings. The van der Waals surface area contributed by atoms with Crippen LogP contribution in [0.4, 0.5) is 4.39 Å². The fourth-order valence-electron chi connectivity index (χ4n) is 1.97. The van der Waals surface area contributed by atoms with Gasteiger partial charge in [0, 0.05) is 12.1 Å². The number of thiophene rings is 1. The van der Waals surface area contributed by atoms with Gasteiger partial charge in [0.05, 0.1) is 17.4 Å². The second-order valence-electron chi connectivity index (χ2n) is 4.70. The van der Waals surface area contributed by atoms with Gasteiger partial charge in [-0.25, -0.2) is 4.39 Å². The van der Waals surface area contributed by atoms with Crippen molar-refractivity contribution in [2.45, 2.75) is 6.54 Å². The fraction of sp³-hybridized carbons (Fsp3) is 0.267. The maximum Gasteiger partial charge on any atom is 0.176 e. The lowest BCUT2D eigenvalue weighted by Gasteiger charge is -2.15. The molecule has 0 spiro atoms. The normalized spacial score (nSPS) is 10.9. The minimum Gasteiger partial charge on any atom is -0.494 e. The van der Waals surface area contributed by atoms with E-state index in [2.05, 4.69) is 15.9 Å². The van der Waals surface area contributed by atoms with Crippen molar-refractivity contribution < 1.29 is 13.9 Å². The van der Waals surface area contributed by atoms with Crippen LogP contribution in [0.5, 0.6) is 5.75 Å². The van der Waals surface area contributed by atoms with Gasteiger partial charge >= 0.3 is 0 Å². The van der Waals surface area contributed by atoms with Gasteiger partial charge in [-0.05, 0) is 58.2 Å². The van der Waals surface area contributed by atoms with Crippen LogP contribution in [0.2, 0.25) is 0 Å². The van der Waals surface area contributed by atoms with E-state index in [0.29, 0.717) is 12.1 Å². The Morgan fingerprint density at radius 3 is 2.76 bits per heavy atom. The lowest BCUT2D eigenvalue weighted by Crippen LogP contribution is -2.25. The van der Waals surface area contributed by atoms with Crippen LogP contribution >= 0.6 is 27.3 Å². The third kappa shape index (κ3) is 4.36. The Balaban J connectivity index is 1.98. The molecule has 0 saturated carbocycles. The molecule has 1 heterocycles. The predicted molar refractivity (Wildman–Crippen MR) is 85.6 cm³/mol. The maximum atomic E-state index is 13.6. The molecule has 112 valence electrons. The largest absolute Gasteiger partial charge is 0.494 e. The van der Waals surface area contributed by atoms with Gasteiger partial charge in [-0.2, -0.15) is 0 Å². The Kier molecular flexibility index (Phi) is 5.50. The number of carbonyl (C=O) groups excluding carboxylic acids is 1. The third-order valence-corrected chi connectivity index (χ3v) is 4.51. The number of nitrogens with zero attached hydrogens (tertiary/aromatic N) is 1. The molecule has 0 radical (unpaired) electrons. The summed E-state index contributed by atoms with van der Waals surface area (Å²) in [6, 6.07) is 6.30. The quantitative estimate of drug-likeness (QED) is 0.719. The van der Waals surface area contributed by atoms with E-state index in [4.69, 9.17) is 4.74 Å². The highest BCUT2D eigenvalue weighted by atomic mass is 79.9. The van der Waals surface area contributed by atoms with Gasteiger partial charge in [0.25, 0.3) is 0 Å². The highest BCUT2D eigenvalue weighted by Crippen LogP contribution is 2.22.